The number of nitriles is 4. The Morgan fingerprint density at radius 2 is 1.40 bits per heavy atom. The molecule has 4 rings (SSSR count). The van der Waals surface area contributed by atoms with Crippen LogP contribution in [0.5, 0.6) is 0 Å². The molecule has 4 fully saturated rings. The minimum atomic E-state index is -1.45. The zero-order valence-electron chi connectivity index (χ0n) is 10.7. The van der Waals surface area contributed by atoms with E-state index in [1.165, 1.54) is 6.42 Å². The summed E-state index contributed by atoms with van der Waals surface area (Å²) < 4.78 is 0.110. The van der Waals surface area contributed by atoms with Gasteiger partial charge in [-0.2, -0.15) is 21.0 Å². The maximum absolute atomic E-state index is 9.57. The molecule has 5 heteroatoms. The van der Waals surface area contributed by atoms with E-state index in [1.54, 1.807) is 0 Å². The second-order valence-electron chi connectivity index (χ2n) is 6.65. The maximum Gasteiger partial charge on any atom is 0.178 e. The standard InChI is InChI=1S/C15H11BrN4/c16-15-9-2-1-3-10(15)14(9,15)11-4-12(5-17,6-18)13(11,7-19)8-20/h9-11H,1-4H2. The van der Waals surface area contributed by atoms with Crippen molar-refractivity contribution in [2.45, 2.75) is 30.0 Å². The predicted molar refractivity (Wildman–Crippen MR) is 70.3 cm³/mol. The van der Waals surface area contributed by atoms with Crippen molar-refractivity contribution in [1.29, 1.82) is 21.0 Å². The summed E-state index contributed by atoms with van der Waals surface area (Å²) >= 11 is 3.84. The summed E-state index contributed by atoms with van der Waals surface area (Å²) in [6, 6.07) is 8.05. The topological polar surface area (TPSA) is 95.2 Å². The van der Waals surface area contributed by atoms with Crippen LogP contribution in [-0.4, -0.2) is 4.32 Å². The Kier molecular flexibility index (Phi) is 1.85. The summed E-state index contributed by atoms with van der Waals surface area (Å²) in [6.07, 6.45) is 3.86. The van der Waals surface area contributed by atoms with Gasteiger partial charge in [0.15, 0.2) is 10.8 Å². The van der Waals surface area contributed by atoms with Gasteiger partial charge in [-0.1, -0.05) is 22.4 Å². The molecule has 4 aliphatic carbocycles. The summed E-state index contributed by atoms with van der Waals surface area (Å²) in [5.41, 5.74) is -2.87. The van der Waals surface area contributed by atoms with Crippen molar-refractivity contribution in [3.63, 3.8) is 0 Å². The Bertz CT molecular complexity index is 657. The Balaban J connectivity index is 1.79. The van der Waals surface area contributed by atoms with Crippen LogP contribution in [0.25, 0.3) is 0 Å². The van der Waals surface area contributed by atoms with E-state index in [4.69, 9.17) is 0 Å². The molecule has 20 heavy (non-hydrogen) atoms. The van der Waals surface area contributed by atoms with Gasteiger partial charge in [-0.25, -0.2) is 0 Å². The van der Waals surface area contributed by atoms with Crippen LogP contribution < -0.4 is 0 Å². The Morgan fingerprint density at radius 1 is 0.850 bits per heavy atom. The average molecular weight is 327 g/mol. The fourth-order valence-corrected chi connectivity index (χ4v) is 7.53. The first-order valence-electron chi connectivity index (χ1n) is 6.89. The van der Waals surface area contributed by atoms with E-state index in [2.05, 4.69) is 28.1 Å². The molecule has 0 saturated heterocycles. The Morgan fingerprint density at radius 3 is 1.80 bits per heavy atom. The van der Waals surface area contributed by atoms with E-state index in [0.29, 0.717) is 18.3 Å². The number of alkyl halides is 1. The molecular weight excluding hydrogens is 316 g/mol. The summed E-state index contributed by atoms with van der Waals surface area (Å²) in [5.74, 6) is 0.949. The molecule has 0 N–H and O–H groups in total. The van der Waals surface area contributed by atoms with Gasteiger partial charge in [0.2, 0.25) is 0 Å². The lowest BCUT2D eigenvalue weighted by Crippen LogP contribution is -2.58. The van der Waals surface area contributed by atoms with Crippen molar-refractivity contribution in [3.8, 4) is 24.3 Å². The third-order valence-electron chi connectivity index (χ3n) is 6.67. The lowest BCUT2D eigenvalue weighted by Gasteiger charge is -2.52. The normalized spacial score (nSPS) is 51.0. The molecule has 0 aromatic heterocycles. The van der Waals surface area contributed by atoms with Crippen molar-refractivity contribution in [2.24, 2.45) is 34.0 Å². The lowest BCUT2D eigenvalue weighted by atomic mass is 9.42. The van der Waals surface area contributed by atoms with Gasteiger partial charge in [-0.05, 0) is 31.1 Å². The molecule has 0 amide bonds. The maximum atomic E-state index is 9.57. The highest BCUT2D eigenvalue weighted by molar-refractivity contribution is 9.10. The van der Waals surface area contributed by atoms with Gasteiger partial charge in [0, 0.05) is 15.7 Å². The van der Waals surface area contributed by atoms with Gasteiger partial charge < -0.3 is 0 Å². The van der Waals surface area contributed by atoms with E-state index in [9.17, 15) is 21.0 Å². The second-order valence-corrected chi connectivity index (χ2v) is 7.97. The summed E-state index contributed by atoms with van der Waals surface area (Å²) in [7, 11) is 0. The van der Waals surface area contributed by atoms with Crippen molar-refractivity contribution in [1.82, 2.24) is 0 Å². The van der Waals surface area contributed by atoms with E-state index in [-0.39, 0.29) is 15.7 Å². The molecule has 0 aliphatic heterocycles. The molecule has 4 aliphatic rings. The summed E-state index contributed by atoms with van der Waals surface area (Å²) in [6.45, 7) is 0. The first-order chi connectivity index (χ1) is 9.55. The van der Waals surface area contributed by atoms with Crippen LogP contribution in [0.15, 0.2) is 0 Å². The molecule has 0 bridgehead atoms. The summed E-state index contributed by atoms with van der Waals surface area (Å²) in [4.78, 5) is 0. The van der Waals surface area contributed by atoms with E-state index >= 15 is 0 Å². The molecule has 0 aromatic rings. The molecule has 98 valence electrons. The van der Waals surface area contributed by atoms with E-state index < -0.39 is 10.8 Å². The van der Waals surface area contributed by atoms with E-state index in [0.717, 1.165) is 12.8 Å². The quantitative estimate of drug-likeness (QED) is 0.692. The number of fused-ring (bicyclic) bond motifs is 2. The second kappa shape index (κ2) is 3.03. The minimum absolute atomic E-state index is 0.0217. The van der Waals surface area contributed by atoms with Gasteiger partial charge in [-0.15, -0.1) is 0 Å². The van der Waals surface area contributed by atoms with Gasteiger partial charge in [0.05, 0.1) is 24.3 Å². The molecule has 4 nitrogen and oxygen atoms in total. The Labute approximate surface area is 125 Å². The highest BCUT2D eigenvalue weighted by Gasteiger charge is 3.02. The SMILES string of the molecule is N#CC1(C#N)CC(C23C4CCCC2C43Br)C1(C#N)C#N. The van der Waals surface area contributed by atoms with E-state index in [1.807, 2.05) is 12.1 Å². The van der Waals surface area contributed by atoms with Gasteiger partial charge in [0.25, 0.3) is 0 Å². The van der Waals surface area contributed by atoms with Gasteiger partial charge in [0.1, 0.15) is 0 Å². The van der Waals surface area contributed by atoms with Gasteiger partial charge in [-0.3, -0.25) is 0 Å². The fourth-order valence-electron chi connectivity index (χ4n) is 5.72. The zero-order valence-corrected chi connectivity index (χ0v) is 12.3. The molecule has 3 atom stereocenters. The van der Waals surface area contributed by atoms with Crippen LogP contribution in [0, 0.1) is 79.3 Å². The van der Waals surface area contributed by atoms with Crippen LogP contribution in [-0.2, 0) is 0 Å². The zero-order chi connectivity index (χ0) is 14.4. The predicted octanol–water partition coefficient (Wildman–Crippen LogP) is 2.64. The Hall–Kier alpha value is -1.56. The summed E-state index contributed by atoms with van der Waals surface area (Å²) in [5, 5.41) is 37.8. The van der Waals surface area contributed by atoms with Crippen molar-refractivity contribution in [3.05, 3.63) is 0 Å². The number of nitrogens with zero attached hydrogens (tertiary/aromatic N) is 4. The molecule has 0 aromatic carbocycles. The van der Waals surface area contributed by atoms with Crippen LogP contribution in [0.2, 0.25) is 0 Å². The van der Waals surface area contributed by atoms with Crippen LogP contribution in [0.1, 0.15) is 25.7 Å². The molecular formula is C15H11BrN4. The molecule has 0 spiro atoms. The first-order valence-corrected chi connectivity index (χ1v) is 7.69. The lowest BCUT2D eigenvalue weighted by molar-refractivity contribution is -0.0260. The number of halogens is 1. The smallest absolute Gasteiger partial charge is 0.178 e. The minimum Gasteiger partial charge on any atom is -0.196 e. The molecule has 0 radical (unpaired) electrons. The highest BCUT2D eigenvalue weighted by Crippen LogP contribution is 3.00. The number of rotatable bonds is 1. The average Bonchev–Trinajstić information content (AvgIpc) is 3.25. The number of hydrogen-bond acceptors (Lipinski definition) is 4. The molecule has 3 unspecified atom stereocenters. The number of hydrogen-bond donors (Lipinski definition) is 0. The monoisotopic (exact) mass is 326 g/mol. The highest BCUT2D eigenvalue weighted by atomic mass is 79.9. The fraction of sp³-hybridized carbons (Fsp3) is 0.733. The third kappa shape index (κ3) is 0.768. The van der Waals surface area contributed by atoms with Crippen LogP contribution in [0.4, 0.5) is 0 Å². The third-order valence-corrected chi connectivity index (χ3v) is 8.46. The molecule has 0 heterocycles. The van der Waals surface area contributed by atoms with Crippen LogP contribution in [0.3, 0.4) is 0 Å². The van der Waals surface area contributed by atoms with Crippen molar-refractivity contribution >= 4 is 15.9 Å². The van der Waals surface area contributed by atoms with Gasteiger partial charge >= 0.3 is 0 Å². The van der Waals surface area contributed by atoms with Crippen molar-refractivity contribution in [2.75, 3.05) is 0 Å². The molecule has 4 saturated carbocycles. The van der Waals surface area contributed by atoms with Crippen molar-refractivity contribution < 1.29 is 0 Å². The largest absolute Gasteiger partial charge is 0.196 e. The van der Waals surface area contributed by atoms with Crippen LogP contribution >= 0.6 is 15.9 Å². The first kappa shape index (κ1) is 12.2.